The predicted octanol–water partition coefficient (Wildman–Crippen LogP) is 2.18. The van der Waals surface area contributed by atoms with Crippen LogP contribution in [0.15, 0.2) is 4.42 Å². The first-order valence-electron chi connectivity index (χ1n) is 6.31. The van der Waals surface area contributed by atoms with Gasteiger partial charge in [0.1, 0.15) is 5.76 Å². The summed E-state index contributed by atoms with van der Waals surface area (Å²) in [7, 11) is 0. The zero-order valence-corrected chi connectivity index (χ0v) is 11.3. The fraction of sp³-hybridized carbons (Fsp3) is 0.769. The molecule has 17 heavy (non-hydrogen) atoms. The first-order chi connectivity index (χ1) is 8.06. The van der Waals surface area contributed by atoms with Crippen LogP contribution in [0.3, 0.4) is 0 Å². The first kappa shape index (κ1) is 14.2. The molecular formula is C13H24N2O2. The largest absolute Gasteiger partial charge is 0.444 e. The Morgan fingerprint density at radius 2 is 1.94 bits per heavy atom. The lowest BCUT2D eigenvalue weighted by atomic mass is 9.83. The Morgan fingerprint density at radius 1 is 1.29 bits per heavy atom. The van der Waals surface area contributed by atoms with Crippen LogP contribution >= 0.6 is 0 Å². The molecule has 0 atom stereocenters. The summed E-state index contributed by atoms with van der Waals surface area (Å²) in [5.74, 6) is 1.60. The minimum absolute atomic E-state index is 0.0172. The second-order valence-corrected chi connectivity index (χ2v) is 4.72. The van der Waals surface area contributed by atoms with Crippen LogP contribution in [0, 0.1) is 19.3 Å². The lowest BCUT2D eigenvalue weighted by molar-refractivity contribution is 0.112. The average Bonchev–Trinajstić information content (AvgIpc) is 2.65. The van der Waals surface area contributed by atoms with Crippen molar-refractivity contribution < 1.29 is 9.52 Å². The van der Waals surface area contributed by atoms with Gasteiger partial charge < -0.3 is 14.8 Å². The summed E-state index contributed by atoms with van der Waals surface area (Å²) < 4.78 is 5.49. The third kappa shape index (κ3) is 3.54. The van der Waals surface area contributed by atoms with Crippen molar-refractivity contribution in [3.05, 3.63) is 17.3 Å². The van der Waals surface area contributed by atoms with Gasteiger partial charge in [0.25, 0.3) is 0 Å². The highest BCUT2D eigenvalue weighted by Crippen LogP contribution is 2.24. The molecule has 98 valence electrons. The van der Waals surface area contributed by atoms with Gasteiger partial charge in [-0.25, -0.2) is 4.98 Å². The molecule has 4 nitrogen and oxygen atoms in total. The van der Waals surface area contributed by atoms with Gasteiger partial charge >= 0.3 is 0 Å². The van der Waals surface area contributed by atoms with E-state index in [-0.39, 0.29) is 12.0 Å². The number of hydrogen-bond donors (Lipinski definition) is 2. The summed E-state index contributed by atoms with van der Waals surface area (Å²) in [6.45, 7) is 9.71. The fourth-order valence-corrected chi connectivity index (χ4v) is 1.83. The molecule has 1 rings (SSSR count). The van der Waals surface area contributed by atoms with E-state index in [0.717, 1.165) is 36.7 Å². The quantitative estimate of drug-likeness (QED) is 0.767. The fourth-order valence-electron chi connectivity index (χ4n) is 1.83. The van der Waals surface area contributed by atoms with Crippen molar-refractivity contribution in [2.24, 2.45) is 5.41 Å². The van der Waals surface area contributed by atoms with Crippen molar-refractivity contribution in [2.75, 3.05) is 13.2 Å². The number of aliphatic hydroxyl groups is 1. The van der Waals surface area contributed by atoms with E-state index in [1.54, 1.807) is 0 Å². The summed E-state index contributed by atoms with van der Waals surface area (Å²) in [6, 6.07) is 0. The van der Waals surface area contributed by atoms with E-state index in [1.807, 2.05) is 13.8 Å². The van der Waals surface area contributed by atoms with E-state index in [9.17, 15) is 5.11 Å². The van der Waals surface area contributed by atoms with Gasteiger partial charge in [0.15, 0.2) is 0 Å². The van der Waals surface area contributed by atoms with Crippen LogP contribution in [0.4, 0.5) is 0 Å². The standard InChI is InChI=1S/C13H24N2O2/c1-5-13(6-2,9-16)8-14-7-12-15-10(3)11(4)17-12/h14,16H,5-9H2,1-4H3. The highest BCUT2D eigenvalue weighted by molar-refractivity contribution is 5.05. The number of oxazole rings is 1. The number of rotatable bonds is 7. The van der Waals surface area contributed by atoms with E-state index in [1.165, 1.54) is 0 Å². The lowest BCUT2D eigenvalue weighted by Crippen LogP contribution is -2.36. The van der Waals surface area contributed by atoms with Crippen molar-refractivity contribution in [3.8, 4) is 0 Å². The molecule has 1 aromatic rings. The molecule has 0 radical (unpaired) electrons. The van der Waals surface area contributed by atoms with Gasteiger partial charge in [-0.15, -0.1) is 0 Å². The SMILES string of the molecule is CCC(CC)(CO)CNCc1nc(C)c(C)o1. The summed E-state index contributed by atoms with van der Waals surface area (Å²) in [5, 5.41) is 12.8. The molecule has 0 bridgehead atoms. The summed E-state index contributed by atoms with van der Waals surface area (Å²) in [5.41, 5.74) is 0.928. The lowest BCUT2D eigenvalue weighted by Gasteiger charge is -2.29. The number of nitrogens with one attached hydrogen (secondary N) is 1. The number of nitrogens with zero attached hydrogens (tertiary/aromatic N) is 1. The second-order valence-electron chi connectivity index (χ2n) is 4.72. The van der Waals surface area contributed by atoms with Gasteiger partial charge in [0.2, 0.25) is 5.89 Å². The predicted molar refractivity (Wildman–Crippen MR) is 67.8 cm³/mol. The Labute approximate surface area is 103 Å². The molecule has 1 aromatic heterocycles. The van der Waals surface area contributed by atoms with Gasteiger partial charge in [-0.3, -0.25) is 0 Å². The Hall–Kier alpha value is -0.870. The summed E-state index contributed by atoms with van der Waals surface area (Å²) in [4.78, 5) is 4.32. The zero-order valence-electron chi connectivity index (χ0n) is 11.3. The topological polar surface area (TPSA) is 58.3 Å². The molecule has 0 aliphatic carbocycles. The van der Waals surface area contributed by atoms with Gasteiger partial charge in [0, 0.05) is 18.6 Å². The Morgan fingerprint density at radius 3 is 2.35 bits per heavy atom. The van der Waals surface area contributed by atoms with E-state index < -0.39 is 0 Å². The van der Waals surface area contributed by atoms with E-state index in [4.69, 9.17) is 4.42 Å². The molecule has 0 saturated carbocycles. The molecule has 0 saturated heterocycles. The summed E-state index contributed by atoms with van der Waals surface area (Å²) in [6.07, 6.45) is 1.94. The number of hydrogen-bond acceptors (Lipinski definition) is 4. The van der Waals surface area contributed by atoms with Gasteiger partial charge in [-0.1, -0.05) is 13.8 Å². The van der Waals surface area contributed by atoms with Gasteiger partial charge in [-0.2, -0.15) is 0 Å². The van der Waals surface area contributed by atoms with E-state index in [2.05, 4.69) is 24.1 Å². The smallest absolute Gasteiger partial charge is 0.208 e. The van der Waals surface area contributed by atoms with Crippen LogP contribution in [0.25, 0.3) is 0 Å². The molecule has 0 amide bonds. The van der Waals surface area contributed by atoms with Crippen LogP contribution in [-0.4, -0.2) is 23.2 Å². The molecule has 1 heterocycles. The Kier molecular flexibility index (Phi) is 5.15. The maximum absolute atomic E-state index is 9.44. The zero-order chi connectivity index (χ0) is 12.9. The molecule has 0 unspecified atom stereocenters. The minimum atomic E-state index is -0.0172. The maximum Gasteiger partial charge on any atom is 0.208 e. The van der Waals surface area contributed by atoms with Crippen molar-refractivity contribution in [1.82, 2.24) is 10.3 Å². The van der Waals surface area contributed by atoms with Crippen molar-refractivity contribution in [3.63, 3.8) is 0 Å². The van der Waals surface area contributed by atoms with Crippen molar-refractivity contribution in [2.45, 2.75) is 47.1 Å². The van der Waals surface area contributed by atoms with E-state index >= 15 is 0 Å². The summed E-state index contributed by atoms with van der Waals surface area (Å²) >= 11 is 0. The number of aliphatic hydroxyl groups excluding tert-OH is 1. The Balaban J connectivity index is 2.46. The van der Waals surface area contributed by atoms with Crippen LogP contribution in [0.2, 0.25) is 0 Å². The minimum Gasteiger partial charge on any atom is -0.444 e. The molecule has 0 spiro atoms. The van der Waals surface area contributed by atoms with E-state index in [0.29, 0.717) is 6.54 Å². The monoisotopic (exact) mass is 240 g/mol. The molecule has 0 aromatic carbocycles. The molecule has 0 aliphatic rings. The molecule has 2 N–H and O–H groups in total. The van der Waals surface area contributed by atoms with Crippen LogP contribution < -0.4 is 5.32 Å². The van der Waals surface area contributed by atoms with Gasteiger partial charge in [-0.05, 0) is 26.7 Å². The van der Waals surface area contributed by atoms with Crippen molar-refractivity contribution >= 4 is 0 Å². The van der Waals surface area contributed by atoms with Crippen LogP contribution in [0.5, 0.6) is 0 Å². The van der Waals surface area contributed by atoms with Crippen molar-refractivity contribution in [1.29, 1.82) is 0 Å². The number of aryl methyl sites for hydroxylation is 2. The average molecular weight is 240 g/mol. The maximum atomic E-state index is 9.44. The Bertz CT molecular complexity index is 315. The molecule has 0 aliphatic heterocycles. The molecular weight excluding hydrogens is 216 g/mol. The number of aromatic nitrogens is 1. The highest BCUT2D eigenvalue weighted by atomic mass is 16.4. The third-order valence-electron chi connectivity index (χ3n) is 3.68. The second kappa shape index (κ2) is 6.17. The third-order valence-corrected chi connectivity index (χ3v) is 3.68. The van der Waals surface area contributed by atoms with Gasteiger partial charge in [0.05, 0.1) is 12.2 Å². The first-order valence-corrected chi connectivity index (χ1v) is 6.31. The highest BCUT2D eigenvalue weighted by Gasteiger charge is 2.24. The molecule has 4 heteroatoms. The normalized spacial score (nSPS) is 12.1. The molecule has 0 fully saturated rings. The van der Waals surface area contributed by atoms with Crippen LogP contribution in [0.1, 0.15) is 44.0 Å². The van der Waals surface area contributed by atoms with Crippen LogP contribution in [-0.2, 0) is 6.54 Å².